The van der Waals surface area contributed by atoms with Crippen molar-refractivity contribution in [1.29, 1.82) is 0 Å². The lowest BCUT2D eigenvalue weighted by atomic mass is 9.84. The number of aryl methyl sites for hydroxylation is 1. The molecule has 0 aromatic heterocycles. The van der Waals surface area contributed by atoms with Crippen LogP contribution < -0.4 is 0 Å². The zero-order chi connectivity index (χ0) is 25.4. The first kappa shape index (κ1) is 25.4. The highest BCUT2D eigenvalue weighted by Crippen LogP contribution is 2.71. The second kappa shape index (κ2) is 8.68. The van der Waals surface area contributed by atoms with Crippen molar-refractivity contribution in [2.75, 3.05) is 12.5 Å². The van der Waals surface area contributed by atoms with E-state index in [0.717, 1.165) is 40.1 Å². The SMILES string of the molecule is CC1Cc2c(cc3c(c2-c2ccc(C(C)(C)C)cc2)CCC3)C1S(C)(C)C1C(C)C(C)C(C)C1C. The van der Waals surface area contributed by atoms with Gasteiger partial charge in [0.05, 0.1) is 0 Å². The highest BCUT2D eigenvalue weighted by molar-refractivity contribution is 8.33. The molecule has 0 bridgehead atoms. The van der Waals surface area contributed by atoms with Crippen LogP contribution >= 0.6 is 10.0 Å². The summed E-state index contributed by atoms with van der Waals surface area (Å²) in [4.78, 5) is 0. The molecule has 6 unspecified atom stereocenters. The van der Waals surface area contributed by atoms with Gasteiger partial charge in [-0.05, 0) is 117 Å². The largest absolute Gasteiger partial charge is 0.236 e. The monoisotopic (exact) mass is 490 g/mol. The van der Waals surface area contributed by atoms with E-state index in [9.17, 15) is 0 Å². The van der Waals surface area contributed by atoms with Crippen molar-refractivity contribution in [3.63, 3.8) is 0 Å². The summed E-state index contributed by atoms with van der Waals surface area (Å²) in [5.74, 6) is 4.10. The summed E-state index contributed by atoms with van der Waals surface area (Å²) in [5.41, 5.74) is 11.6. The second-order valence-corrected chi connectivity index (χ2v) is 18.2. The van der Waals surface area contributed by atoms with Gasteiger partial charge in [-0.25, -0.2) is 10.0 Å². The van der Waals surface area contributed by atoms with Crippen molar-refractivity contribution in [3.05, 3.63) is 58.1 Å². The minimum atomic E-state index is -0.808. The van der Waals surface area contributed by atoms with Crippen LogP contribution in [-0.2, 0) is 24.7 Å². The smallest absolute Gasteiger partial charge is 0.0170 e. The zero-order valence-corrected chi connectivity index (χ0v) is 25.0. The molecule has 1 fully saturated rings. The molecule has 2 aromatic carbocycles. The summed E-state index contributed by atoms with van der Waals surface area (Å²) in [6.07, 6.45) is 10.6. The number of hydrogen-bond acceptors (Lipinski definition) is 0. The fourth-order valence-electron chi connectivity index (χ4n) is 8.74. The number of fused-ring (bicyclic) bond motifs is 2. The lowest BCUT2D eigenvalue weighted by Crippen LogP contribution is -2.31. The van der Waals surface area contributed by atoms with Crippen LogP contribution in [0.4, 0.5) is 0 Å². The molecule has 1 saturated carbocycles. The van der Waals surface area contributed by atoms with Crippen LogP contribution in [0.3, 0.4) is 0 Å². The van der Waals surface area contributed by atoms with Gasteiger partial charge < -0.3 is 0 Å². The summed E-state index contributed by atoms with van der Waals surface area (Å²) in [6.45, 7) is 19.8. The van der Waals surface area contributed by atoms with Gasteiger partial charge in [-0.2, -0.15) is 0 Å². The molecule has 5 rings (SSSR count). The Morgan fingerprint density at radius 2 is 1.37 bits per heavy atom. The third-order valence-electron chi connectivity index (χ3n) is 10.8. The van der Waals surface area contributed by atoms with Crippen LogP contribution in [0.2, 0.25) is 0 Å². The van der Waals surface area contributed by atoms with Crippen molar-refractivity contribution in [1.82, 2.24) is 0 Å². The minimum Gasteiger partial charge on any atom is -0.236 e. The van der Waals surface area contributed by atoms with Crippen LogP contribution in [0.15, 0.2) is 30.3 Å². The molecule has 0 heterocycles. The lowest BCUT2D eigenvalue weighted by molar-refractivity contribution is 0.352. The van der Waals surface area contributed by atoms with E-state index in [1.165, 1.54) is 36.8 Å². The maximum Gasteiger partial charge on any atom is 0.0170 e. The van der Waals surface area contributed by atoms with Gasteiger partial charge in [0, 0.05) is 5.25 Å². The Morgan fingerprint density at radius 3 is 1.94 bits per heavy atom. The van der Waals surface area contributed by atoms with E-state index in [0.29, 0.717) is 0 Å². The van der Waals surface area contributed by atoms with Crippen molar-refractivity contribution in [3.8, 4) is 11.1 Å². The highest BCUT2D eigenvalue weighted by atomic mass is 32.3. The quantitative estimate of drug-likeness (QED) is 0.402. The summed E-state index contributed by atoms with van der Waals surface area (Å²) >= 11 is 0. The Hall–Kier alpha value is -1.21. The van der Waals surface area contributed by atoms with Crippen LogP contribution in [-0.4, -0.2) is 17.8 Å². The molecule has 3 aliphatic carbocycles. The first-order valence-corrected chi connectivity index (χ1v) is 16.9. The normalized spacial score (nSPS) is 33.1. The first-order valence-electron chi connectivity index (χ1n) is 14.3. The number of rotatable bonds is 3. The maximum absolute atomic E-state index is 2.72. The van der Waals surface area contributed by atoms with Gasteiger partial charge in [-0.1, -0.05) is 85.7 Å². The molecule has 2 aromatic rings. The van der Waals surface area contributed by atoms with E-state index in [1.54, 1.807) is 27.8 Å². The molecular formula is C34H50S. The molecule has 0 nitrogen and oxygen atoms in total. The van der Waals surface area contributed by atoms with Gasteiger partial charge in [0.2, 0.25) is 0 Å². The second-order valence-electron chi connectivity index (χ2n) is 14.1. The topological polar surface area (TPSA) is 0 Å². The fourth-order valence-corrected chi connectivity index (χ4v) is 14.0. The summed E-state index contributed by atoms with van der Waals surface area (Å²) in [5, 5.41) is 1.61. The molecular weight excluding hydrogens is 440 g/mol. The van der Waals surface area contributed by atoms with E-state index >= 15 is 0 Å². The third kappa shape index (κ3) is 3.94. The Labute approximate surface area is 218 Å². The van der Waals surface area contributed by atoms with Crippen LogP contribution in [0, 0.1) is 29.6 Å². The lowest BCUT2D eigenvalue weighted by Gasteiger charge is -2.50. The van der Waals surface area contributed by atoms with Gasteiger partial charge >= 0.3 is 0 Å². The zero-order valence-electron chi connectivity index (χ0n) is 24.2. The fraction of sp³-hybridized carbons (Fsp3) is 0.647. The summed E-state index contributed by atoms with van der Waals surface area (Å²) in [7, 11) is -0.808. The van der Waals surface area contributed by atoms with Crippen LogP contribution in [0.25, 0.3) is 11.1 Å². The van der Waals surface area contributed by atoms with E-state index in [-0.39, 0.29) is 5.41 Å². The minimum absolute atomic E-state index is 0.203. The summed E-state index contributed by atoms with van der Waals surface area (Å²) < 4.78 is 0. The molecule has 0 saturated heterocycles. The van der Waals surface area contributed by atoms with E-state index in [2.05, 4.69) is 98.2 Å². The standard InChI is InChI=1S/C34H50S/c1-20-18-29-30(32(20)35(9,10)33-23(4)21(2)22(3)24(33)5)19-26-12-11-13-28(26)31(29)25-14-16-27(17-15-25)34(6,7)8/h14-17,19-24,32-33H,11-13,18H2,1-10H3. The molecule has 1 heteroatoms. The van der Waals surface area contributed by atoms with Gasteiger partial charge in [0.1, 0.15) is 0 Å². The molecule has 192 valence electrons. The van der Waals surface area contributed by atoms with Gasteiger partial charge in [-0.15, -0.1) is 0 Å². The molecule has 0 radical (unpaired) electrons. The van der Waals surface area contributed by atoms with Crippen molar-refractivity contribution >= 4 is 10.0 Å². The predicted octanol–water partition coefficient (Wildman–Crippen LogP) is 9.36. The van der Waals surface area contributed by atoms with E-state index in [4.69, 9.17) is 0 Å². The first-order chi connectivity index (χ1) is 16.3. The predicted molar refractivity (Wildman–Crippen MR) is 158 cm³/mol. The Bertz CT molecular complexity index is 1080. The van der Waals surface area contributed by atoms with Crippen LogP contribution in [0.1, 0.15) is 94.9 Å². The Morgan fingerprint density at radius 1 is 0.771 bits per heavy atom. The van der Waals surface area contributed by atoms with Gasteiger partial charge in [-0.3, -0.25) is 0 Å². The maximum atomic E-state index is 2.72. The molecule has 0 aliphatic heterocycles. The van der Waals surface area contributed by atoms with Gasteiger partial charge in [0.15, 0.2) is 0 Å². The van der Waals surface area contributed by atoms with Crippen molar-refractivity contribution < 1.29 is 0 Å². The van der Waals surface area contributed by atoms with Crippen molar-refractivity contribution in [2.45, 2.75) is 97.0 Å². The average Bonchev–Trinajstić information content (AvgIpc) is 3.43. The number of benzene rings is 2. The highest BCUT2D eigenvalue weighted by Gasteiger charge is 2.51. The molecule has 0 amide bonds. The molecule has 0 spiro atoms. The molecule has 6 atom stereocenters. The van der Waals surface area contributed by atoms with Crippen LogP contribution in [0.5, 0.6) is 0 Å². The van der Waals surface area contributed by atoms with Crippen molar-refractivity contribution in [2.24, 2.45) is 29.6 Å². The molecule has 3 aliphatic rings. The molecule has 35 heavy (non-hydrogen) atoms. The average molecular weight is 491 g/mol. The van der Waals surface area contributed by atoms with E-state index < -0.39 is 10.0 Å². The van der Waals surface area contributed by atoms with Gasteiger partial charge in [0.25, 0.3) is 0 Å². The Balaban J connectivity index is 1.63. The number of hydrogen-bond donors (Lipinski definition) is 0. The summed E-state index contributed by atoms with van der Waals surface area (Å²) in [6, 6.07) is 12.4. The molecule has 0 N–H and O–H groups in total. The van der Waals surface area contributed by atoms with E-state index in [1.807, 2.05) is 0 Å². The Kier molecular flexibility index (Phi) is 6.31. The third-order valence-corrected chi connectivity index (χ3v) is 15.1.